The van der Waals surface area contributed by atoms with Gasteiger partial charge in [-0.1, -0.05) is 0 Å². The summed E-state index contributed by atoms with van der Waals surface area (Å²) in [5.74, 6) is 0.497. The molecule has 0 saturated carbocycles. The predicted molar refractivity (Wildman–Crippen MR) is 95.4 cm³/mol. The van der Waals surface area contributed by atoms with Gasteiger partial charge in [0.05, 0.1) is 11.4 Å². The first-order valence-electron chi connectivity index (χ1n) is 8.41. The van der Waals surface area contributed by atoms with E-state index in [4.69, 9.17) is 0 Å². The van der Waals surface area contributed by atoms with E-state index < -0.39 is 0 Å². The first-order valence-corrected chi connectivity index (χ1v) is 8.41. The number of aromatic nitrogens is 5. The molecule has 0 saturated heterocycles. The fourth-order valence-electron chi connectivity index (χ4n) is 3.10. The Kier molecular flexibility index (Phi) is 4.32. The lowest BCUT2D eigenvalue weighted by Gasteiger charge is -2.27. The van der Waals surface area contributed by atoms with Gasteiger partial charge in [0.1, 0.15) is 5.69 Å². The fraction of sp³-hybridized carbons (Fsp3) is 0.444. The lowest BCUT2D eigenvalue weighted by atomic mass is 10.1. The van der Waals surface area contributed by atoms with Gasteiger partial charge < -0.3 is 4.90 Å². The molecule has 0 aromatic carbocycles. The maximum Gasteiger partial charge on any atom is 0.273 e. The first-order chi connectivity index (χ1) is 11.8. The van der Waals surface area contributed by atoms with E-state index in [0.29, 0.717) is 23.7 Å². The van der Waals surface area contributed by atoms with Crippen LogP contribution in [-0.2, 0) is 13.6 Å². The van der Waals surface area contributed by atoms with Crippen molar-refractivity contribution in [3.05, 3.63) is 46.8 Å². The zero-order valence-electron chi connectivity index (χ0n) is 15.6. The molecule has 0 fully saturated rings. The fourth-order valence-corrected chi connectivity index (χ4v) is 3.10. The molecule has 25 heavy (non-hydrogen) atoms. The van der Waals surface area contributed by atoms with Crippen molar-refractivity contribution in [3.8, 4) is 0 Å². The number of imidazole rings is 1. The zero-order chi connectivity index (χ0) is 18.3. The Labute approximate surface area is 147 Å². The average molecular weight is 340 g/mol. The molecule has 0 atom stereocenters. The number of aryl methyl sites for hydroxylation is 3. The molecule has 3 rings (SSSR count). The Morgan fingerprint density at radius 2 is 1.96 bits per heavy atom. The van der Waals surface area contributed by atoms with Gasteiger partial charge in [-0.15, -0.1) is 0 Å². The van der Waals surface area contributed by atoms with Crippen molar-refractivity contribution in [2.75, 3.05) is 0 Å². The van der Waals surface area contributed by atoms with Crippen LogP contribution in [0.5, 0.6) is 0 Å². The smallest absolute Gasteiger partial charge is 0.273 e. The van der Waals surface area contributed by atoms with E-state index in [2.05, 4.69) is 15.1 Å². The van der Waals surface area contributed by atoms with Crippen molar-refractivity contribution in [2.24, 2.45) is 7.05 Å². The Balaban J connectivity index is 2.03. The van der Waals surface area contributed by atoms with Crippen LogP contribution in [0.4, 0.5) is 0 Å². The van der Waals surface area contributed by atoms with E-state index in [9.17, 15) is 4.79 Å². The summed E-state index contributed by atoms with van der Waals surface area (Å²) in [6.07, 6.45) is 3.51. The molecule has 3 heterocycles. The molecule has 0 N–H and O–H groups in total. The van der Waals surface area contributed by atoms with Gasteiger partial charge >= 0.3 is 0 Å². The molecule has 3 aromatic rings. The zero-order valence-corrected chi connectivity index (χ0v) is 15.6. The van der Waals surface area contributed by atoms with Crippen LogP contribution in [0.2, 0.25) is 0 Å². The summed E-state index contributed by atoms with van der Waals surface area (Å²) in [6, 6.07) is 1.85. The molecule has 3 aromatic heterocycles. The van der Waals surface area contributed by atoms with Crippen LogP contribution in [-0.4, -0.2) is 41.0 Å². The minimum Gasteiger partial charge on any atom is -0.330 e. The van der Waals surface area contributed by atoms with Crippen molar-refractivity contribution in [3.63, 3.8) is 0 Å². The largest absolute Gasteiger partial charge is 0.330 e. The van der Waals surface area contributed by atoms with Gasteiger partial charge in [0, 0.05) is 43.3 Å². The third-order valence-corrected chi connectivity index (χ3v) is 4.65. The topological polar surface area (TPSA) is 68.3 Å². The van der Waals surface area contributed by atoms with Gasteiger partial charge in [0.15, 0.2) is 0 Å². The highest BCUT2D eigenvalue weighted by Crippen LogP contribution is 2.20. The Hall–Kier alpha value is -2.70. The molecule has 0 unspecified atom stereocenters. The van der Waals surface area contributed by atoms with Crippen LogP contribution in [0.25, 0.3) is 5.78 Å². The normalized spacial score (nSPS) is 11.5. The van der Waals surface area contributed by atoms with E-state index in [1.807, 2.05) is 57.4 Å². The van der Waals surface area contributed by atoms with E-state index in [-0.39, 0.29) is 11.9 Å². The second-order valence-electron chi connectivity index (χ2n) is 6.64. The first kappa shape index (κ1) is 17.1. The number of hydrogen-bond acceptors (Lipinski definition) is 4. The van der Waals surface area contributed by atoms with Crippen molar-refractivity contribution in [2.45, 2.75) is 47.2 Å². The SMILES string of the molecule is Cc1nn(C)c(C)c1CN(C(=O)c1c(C)nc2ncccn12)C(C)C. The summed E-state index contributed by atoms with van der Waals surface area (Å²) in [4.78, 5) is 23.8. The number of carbonyl (C=O) groups is 1. The van der Waals surface area contributed by atoms with Gasteiger partial charge in [0.25, 0.3) is 5.91 Å². The number of hydrogen-bond donors (Lipinski definition) is 0. The van der Waals surface area contributed by atoms with Crippen molar-refractivity contribution < 1.29 is 4.79 Å². The van der Waals surface area contributed by atoms with Crippen LogP contribution in [0.3, 0.4) is 0 Å². The molecule has 0 aliphatic heterocycles. The van der Waals surface area contributed by atoms with Gasteiger partial charge in [-0.3, -0.25) is 13.9 Å². The van der Waals surface area contributed by atoms with Gasteiger partial charge in [-0.2, -0.15) is 5.10 Å². The number of amides is 1. The van der Waals surface area contributed by atoms with Crippen LogP contribution >= 0.6 is 0 Å². The number of nitrogens with zero attached hydrogens (tertiary/aromatic N) is 6. The third kappa shape index (κ3) is 2.90. The van der Waals surface area contributed by atoms with Gasteiger partial charge in [0.2, 0.25) is 5.78 Å². The molecule has 132 valence electrons. The Morgan fingerprint density at radius 3 is 2.56 bits per heavy atom. The van der Waals surface area contributed by atoms with E-state index >= 15 is 0 Å². The van der Waals surface area contributed by atoms with Gasteiger partial charge in [-0.05, 0) is 40.7 Å². The number of carbonyl (C=O) groups excluding carboxylic acids is 1. The standard InChI is InChI=1S/C18H24N6O/c1-11(2)24(10-15-12(3)21-22(6)14(15)5)17(25)16-13(4)20-18-19-8-7-9-23(16)18/h7-9,11H,10H2,1-6H3. The molecule has 7 nitrogen and oxygen atoms in total. The Bertz CT molecular complexity index is 937. The van der Waals surface area contributed by atoms with Crippen LogP contribution in [0.15, 0.2) is 18.5 Å². The molecular formula is C18H24N6O. The lowest BCUT2D eigenvalue weighted by molar-refractivity contribution is 0.0681. The van der Waals surface area contributed by atoms with Crippen molar-refractivity contribution >= 4 is 11.7 Å². The summed E-state index contributed by atoms with van der Waals surface area (Å²) >= 11 is 0. The summed E-state index contributed by atoms with van der Waals surface area (Å²) in [5.41, 5.74) is 4.38. The van der Waals surface area contributed by atoms with E-state index in [1.54, 1.807) is 16.7 Å². The minimum absolute atomic E-state index is 0.0457. The number of fused-ring (bicyclic) bond motifs is 1. The van der Waals surface area contributed by atoms with Crippen LogP contribution in [0, 0.1) is 20.8 Å². The number of rotatable bonds is 4. The van der Waals surface area contributed by atoms with Crippen LogP contribution < -0.4 is 0 Å². The minimum atomic E-state index is -0.0457. The summed E-state index contributed by atoms with van der Waals surface area (Å²) in [6.45, 7) is 10.4. The highest BCUT2D eigenvalue weighted by Gasteiger charge is 2.26. The molecule has 0 spiro atoms. The third-order valence-electron chi connectivity index (χ3n) is 4.65. The van der Waals surface area contributed by atoms with Gasteiger partial charge in [-0.25, -0.2) is 9.97 Å². The van der Waals surface area contributed by atoms with E-state index in [1.165, 1.54) is 0 Å². The molecular weight excluding hydrogens is 316 g/mol. The molecule has 0 bridgehead atoms. The maximum atomic E-state index is 13.3. The molecule has 7 heteroatoms. The maximum absolute atomic E-state index is 13.3. The quantitative estimate of drug-likeness (QED) is 0.731. The monoisotopic (exact) mass is 340 g/mol. The van der Waals surface area contributed by atoms with Crippen molar-refractivity contribution in [1.82, 2.24) is 29.0 Å². The molecule has 0 aliphatic carbocycles. The lowest BCUT2D eigenvalue weighted by Crippen LogP contribution is -2.37. The molecule has 1 amide bonds. The molecule has 0 aliphatic rings. The summed E-state index contributed by atoms with van der Waals surface area (Å²) < 4.78 is 3.62. The average Bonchev–Trinajstić information content (AvgIpc) is 3.00. The highest BCUT2D eigenvalue weighted by molar-refractivity contribution is 5.94. The second-order valence-corrected chi connectivity index (χ2v) is 6.64. The van der Waals surface area contributed by atoms with Crippen LogP contribution in [0.1, 0.15) is 47.0 Å². The van der Waals surface area contributed by atoms with Crippen molar-refractivity contribution in [1.29, 1.82) is 0 Å². The Morgan fingerprint density at radius 1 is 1.24 bits per heavy atom. The summed E-state index contributed by atoms with van der Waals surface area (Å²) in [5, 5.41) is 4.46. The summed E-state index contributed by atoms with van der Waals surface area (Å²) in [7, 11) is 1.92. The highest BCUT2D eigenvalue weighted by atomic mass is 16.2. The molecule has 0 radical (unpaired) electrons. The predicted octanol–water partition coefficient (Wildman–Crippen LogP) is 2.44. The second kappa shape index (κ2) is 6.31. The van der Waals surface area contributed by atoms with E-state index in [0.717, 1.165) is 17.0 Å².